The van der Waals surface area contributed by atoms with Crippen molar-refractivity contribution in [2.45, 2.75) is 20.0 Å². The third-order valence-electron chi connectivity index (χ3n) is 4.89. The number of hydrogen-bond donors (Lipinski definition) is 2. The molecule has 8 nitrogen and oxygen atoms in total. The standard InChI is InChI=1S/C21H23N7O/c1-3-28-18(4-8-25-28)19-15-24-20-14-16(5-12-27(19)20)21(29)23-9-13-26-10-6-17(22-2)7-11-26/h4-8,10-12,14-15H,3,9,13H2,1-2H3,(H,23,29)/p+1. The van der Waals surface area contributed by atoms with Gasteiger partial charge in [-0.25, -0.2) is 9.55 Å². The molecule has 4 rings (SSSR count). The minimum Gasteiger partial charge on any atom is -0.388 e. The van der Waals surface area contributed by atoms with E-state index in [1.165, 1.54) is 0 Å². The van der Waals surface area contributed by atoms with Crippen molar-refractivity contribution in [3.8, 4) is 11.4 Å². The van der Waals surface area contributed by atoms with E-state index in [0.29, 0.717) is 18.7 Å². The van der Waals surface area contributed by atoms with Gasteiger partial charge >= 0.3 is 0 Å². The molecule has 0 aliphatic rings. The van der Waals surface area contributed by atoms with E-state index in [4.69, 9.17) is 0 Å². The highest BCUT2D eigenvalue weighted by Crippen LogP contribution is 2.21. The Balaban J connectivity index is 1.44. The summed E-state index contributed by atoms with van der Waals surface area (Å²) in [7, 11) is 1.89. The number of hydrogen-bond acceptors (Lipinski definition) is 4. The van der Waals surface area contributed by atoms with Gasteiger partial charge < -0.3 is 10.6 Å². The molecule has 1 amide bonds. The molecule has 148 valence electrons. The van der Waals surface area contributed by atoms with Crippen LogP contribution in [0.3, 0.4) is 0 Å². The van der Waals surface area contributed by atoms with Crippen molar-refractivity contribution in [1.82, 2.24) is 24.5 Å². The predicted molar refractivity (Wildman–Crippen MR) is 111 cm³/mol. The van der Waals surface area contributed by atoms with Crippen molar-refractivity contribution in [2.75, 3.05) is 18.9 Å². The van der Waals surface area contributed by atoms with Gasteiger partial charge in [-0.15, -0.1) is 0 Å². The molecule has 2 N–H and O–H groups in total. The van der Waals surface area contributed by atoms with Crippen LogP contribution in [0.4, 0.5) is 5.69 Å². The lowest BCUT2D eigenvalue weighted by molar-refractivity contribution is -0.694. The molecule has 0 radical (unpaired) electrons. The molecule has 4 aromatic heterocycles. The Morgan fingerprint density at radius 1 is 1.17 bits per heavy atom. The average Bonchev–Trinajstić information content (AvgIpc) is 3.39. The lowest BCUT2D eigenvalue weighted by atomic mass is 10.2. The first-order chi connectivity index (χ1) is 14.2. The minimum absolute atomic E-state index is 0.108. The quantitative estimate of drug-likeness (QED) is 0.473. The van der Waals surface area contributed by atoms with Crippen molar-refractivity contribution in [3.63, 3.8) is 0 Å². The van der Waals surface area contributed by atoms with E-state index in [1.54, 1.807) is 12.3 Å². The SMILES string of the molecule is CCn1nccc1-c1cnc2cc(C(=O)NCC[n+]3ccc(NC)cc3)ccn12. The molecule has 8 heteroatoms. The molecule has 0 unspecified atom stereocenters. The maximum absolute atomic E-state index is 12.5. The van der Waals surface area contributed by atoms with Crippen LogP contribution in [-0.4, -0.2) is 38.7 Å². The summed E-state index contributed by atoms with van der Waals surface area (Å²) in [6.45, 7) is 4.08. The monoisotopic (exact) mass is 390 g/mol. The number of fused-ring (bicyclic) bond motifs is 1. The fourth-order valence-corrected chi connectivity index (χ4v) is 3.29. The Morgan fingerprint density at radius 2 is 2.00 bits per heavy atom. The Labute approximate surface area is 168 Å². The molecule has 0 atom stereocenters. The maximum atomic E-state index is 12.5. The van der Waals surface area contributed by atoms with Gasteiger partial charge in [-0.05, 0) is 25.1 Å². The second-order valence-electron chi connectivity index (χ2n) is 6.65. The molecule has 0 aromatic carbocycles. The van der Waals surface area contributed by atoms with Gasteiger partial charge in [0.15, 0.2) is 18.9 Å². The maximum Gasteiger partial charge on any atom is 0.251 e. The van der Waals surface area contributed by atoms with Crippen LogP contribution < -0.4 is 15.2 Å². The van der Waals surface area contributed by atoms with Crippen LogP contribution in [0.25, 0.3) is 17.0 Å². The van der Waals surface area contributed by atoms with E-state index in [9.17, 15) is 4.79 Å². The number of aromatic nitrogens is 5. The first-order valence-electron chi connectivity index (χ1n) is 9.64. The smallest absolute Gasteiger partial charge is 0.251 e. The molecule has 0 saturated carbocycles. The summed E-state index contributed by atoms with van der Waals surface area (Å²) in [4.78, 5) is 17.0. The molecular weight excluding hydrogens is 366 g/mol. The zero-order valence-electron chi connectivity index (χ0n) is 16.5. The summed E-state index contributed by atoms with van der Waals surface area (Å²) in [6, 6.07) is 9.58. The van der Waals surface area contributed by atoms with E-state index in [1.807, 2.05) is 69.8 Å². The van der Waals surface area contributed by atoms with Gasteiger partial charge in [-0.2, -0.15) is 5.10 Å². The van der Waals surface area contributed by atoms with Crippen molar-refractivity contribution in [2.24, 2.45) is 0 Å². The lowest BCUT2D eigenvalue weighted by Crippen LogP contribution is -2.40. The van der Waals surface area contributed by atoms with Crippen LogP contribution >= 0.6 is 0 Å². The summed E-state index contributed by atoms with van der Waals surface area (Å²) in [6.07, 6.45) is 9.44. The third kappa shape index (κ3) is 3.82. The van der Waals surface area contributed by atoms with Crippen LogP contribution in [0.2, 0.25) is 0 Å². The van der Waals surface area contributed by atoms with Crippen LogP contribution in [-0.2, 0) is 13.1 Å². The highest BCUT2D eigenvalue weighted by molar-refractivity contribution is 5.95. The first kappa shape index (κ1) is 18.7. The largest absolute Gasteiger partial charge is 0.388 e. The molecule has 4 aromatic rings. The second-order valence-corrected chi connectivity index (χ2v) is 6.65. The van der Waals surface area contributed by atoms with Gasteiger partial charge in [0, 0.05) is 49.4 Å². The van der Waals surface area contributed by atoms with Gasteiger partial charge in [-0.1, -0.05) is 0 Å². The predicted octanol–water partition coefficient (Wildman–Crippen LogP) is 1.98. The van der Waals surface area contributed by atoms with Crippen LogP contribution in [0.5, 0.6) is 0 Å². The molecule has 0 bridgehead atoms. The lowest BCUT2D eigenvalue weighted by Gasteiger charge is -2.07. The van der Waals surface area contributed by atoms with Gasteiger partial charge in [0.1, 0.15) is 5.65 Å². The van der Waals surface area contributed by atoms with Gasteiger partial charge in [-0.3, -0.25) is 13.9 Å². The molecule has 0 saturated heterocycles. The topological polar surface area (TPSA) is 80.1 Å². The number of imidazole rings is 1. The highest BCUT2D eigenvalue weighted by atomic mass is 16.1. The number of anilines is 1. The normalized spacial score (nSPS) is 11.0. The van der Waals surface area contributed by atoms with Crippen LogP contribution in [0.1, 0.15) is 17.3 Å². The minimum atomic E-state index is -0.108. The Bertz CT molecular complexity index is 1130. The number of nitrogens with zero attached hydrogens (tertiary/aromatic N) is 5. The summed E-state index contributed by atoms with van der Waals surface area (Å²) in [5, 5.41) is 10.4. The molecule has 0 aliphatic carbocycles. The van der Waals surface area contributed by atoms with Crippen molar-refractivity contribution < 1.29 is 9.36 Å². The van der Waals surface area contributed by atoms with Gasteiger partial charge in [0.25, 0.3) is 5.91 Å². The van der Waals surface area contributed by atoms with E-state index >= 15 is 0 Å². The molecular formula is C21H24N7O+. The Hall–Kier alpha value is -3.68. The van der Waals surface area contributed by atoms with Crippen molar-refractivity contribution >= 4 is 17.2 Å². The van der Waals surface area contributed by atoms with E-state index in [2.05, 4.69) is 27.6 Å². The summed E-state index contributed by atoms with van der Waals surface area (Å²) < 4.78 is 5.92. The summed E-state index contributed by atoms with van der Waals surface area (Å²) >= 11 is 0. The molecule has 29 heavy (non-hydrogen) atoms. The Morgan fingerprint density at radius 3 is 2.76 bits per heavy atom. The fourth-order valence-electron chi connectivity index (χ4n) is 3.29. The zero-order valence-corrected chi connectivity index (χ0v) is 16.5. The zero-order chi connectivity index (χ0) is 20.2. The number of carbonyl (C=O) groups excluding carboxylic acids is 1. The molecule has 0 aliphatic heterocycles. The van der Waals surface area contributed by atoms with Crippen molar-refractivity contribution in [1.29, 1.82) is 0 Å². The molecule has 4 heterocycles. The van der Waals surface area contributed by atoms with Crippen molar-refractivity contribution in [3.05, 3.63) is 66.9 Å². The second kappa shape index (κ2) is 8.14. The number of carbonyl (C=O) groups is 1. The number of rotatable bonds is 7. The number of aryl methyl sites for hydroxylation is 1. The number of nitrogens with one attached hydrogen (secondary N) is 2. The van der Waals surface area contributed by atoms with Crippen LogP contribution in [0.15, 0.2) is 61.3 Å². The Kier molecular flexibility index (Phi) is 5.24. The number of pyridine rings is 2. The molecule has 0 spiro atoms. The summed E-state index contributed by atoms with van der Waals surface area (Å²) in [5.41, 5.74) is 4.33. The fraction of sp³-hybridized carbons (Fsp3) is 0.238. The van der Waals surface area contributed by atoms with Gasteiger partial charge in [0.05, 0.1) is 24.1 Å². The first-order valence-corrected chi connectivity index (χ1v) is 9.64. The van der Waals surface area contributed by atoms with E-state index in [0.717, 1.165) is 29.3 Å². The molecule has 0 fully saturated rings. The summed E-state index contributed by atoms with van der Waals surface area (Å²) in [5.74, 6) is -0.108. The highest BCUT2D eigenvalue weighted by Gasteiger charge is 2.13. The van der Waals surface area contributed by atoms with Crippen LogP contribution in [0, 0.1) is 0 Å². The van der Waals surface area contributed by atoms with Gasteiger partial charge in [0.2, 0.25) is 0 Å². The number of amides is 1. The average molecular weight is 390 g/mol. The van der Waals surface area contributed by atoms with E-state index < -0.39 is 0 Å². The third-order valence-corrected chi connectivity index (χ3v) is 4.89. The van der Waals surface area contributed by atoms with E-state index in [-0.39, 0.29) is 5.91 Å².